The quantitative estimate of drug-likeness (QED) is 0.724. The van der Waals surface area contributed by atoms with Gasteiger partial charge in [0.1, 0.15) is 0 Å². The zero-order valence-corrected chi connectivity index (χ0v) is 13.9. The number of hydrogen-bond donors (Lipinski definition) is 2. The molecule has 5 nitrogen and oxygen atoms in total. The van der Waals surface area contributed by atoms with Gasteiger partial charge in [-0.3, -0.25) is 0 Å². The lowest BCUT2D eigenvalue weighted by molar-refractivity contribution is 0.548. The van der Waals surface area contributed by atoms with E-state index < -0.39 is 10.0 Å². The van der Waals surface area contributed by atoms with Gasteiger partial charge in [0.15, 0.2) is 0 Å². The lowest BCUT2D eigenvalue weighted by atomic mass is 10.3. The molecule has 0 radical (unpaired) electrons. The normalized spacial score (nSPS) is 12.6. The van der Waals surface area contributed by atoms with Gasteiger partial charge in [-0.05, 0) is 46.7 Å². The smallest absolute Gasteiger partial charge is 0.242 e. The van der Waals surface area contributed by atoms with Gasteiger partial charge in [0.2, 0.25) is 10.0 Å². The topological polar surface area (TPSA) is 63.1 Å². The van der Waals surface area contributed by atoms with Gasteiger partial charge in [-0.15, -0.1) is 0 Å². The van der Waals surface area contributed by atoms with E-state index in [4.69, 9.17) is 0 Å². The molecule has 1 aromatic heterocycles. The Hall–Kier alpha value is -0.850. The first-order valence-corrected chi connectivity index (χ1v) is 8.70. The molecule has 0 unspecified atom stereocenters. The lowest BCUT2D eigenvalue weighted by Gasteiger charge is -2.13. The highest BCUT2D eigenvalue weighted by Gasteiger charge is 2.20. The van der Waals surface area contributed by atoms with Crippen LogP contribution < -0.4 is 10.0 Å². The average Bonchev–Trinajstić information content (AvgIpc) is 2.72. The Morgan fingerprint density at radius 2 is 1.90 bits per heavy atom. The van der Waals surface area contributed by atoms with Crippen LogP contribution in [0.4, 0.5) is 0 Å². The van der Waals surface area contributed by atoms with Crippen molar-refractivity contribution in [2.24, 2.45) is 0 Å². The summed E-state index contributed by atoms with van der Waals surface area (Å²) in [4.78, 5) is 0.341. The van der Waals surface area contributed by atoms with E-state index in [1.807, 2.05) is 18.4 Å². The zero-order chi connectivity index (χ0) is 15.3. The summed E-state index contributed by atoms with van der Waals surface area (Å²) in [7, 11) is -3.42. The summed E-state index contributed by atoms with van der Waals surface area (Å²) in [5, 5.41) is 3.32. The first-order chi connectivity index (χ1) is 9.27. The molecule has 116 valence electrons. The van der Waals surface area contributed by atoms with Crippen molar-refractivity contribution in [2.75, 3.05) is 6.54 Å². The Balaban J connectivity index is 3.02. The number of rotatable bonds is 8. The molecule has 1 rings (SSSR count). The average molecular weight is 301 g/mol. The number of sulfonamides is 1. The van der Waals surface area contributed by atoms with E-state index in [1.165, 1.54) is 0 Å². The minimum absolute atomic E-state index is 0.107. The molecule has 0 saturated carbocycles. The summed E-state index contributed by atoms with van der Waals surface area (Å²) in [5.74, 6) is 0. The molecule has 0 saturated heterocycles. The molecule has 0 aliphatic rings. The van der Waals surface area contributed by atoms with Gasteiger partial charge in [-0.25, -0.2) is 13.1 Å². The molecular formula is C14H27N3O2S. The molecule has 0 spiro atoms. The fraction of sp³-hybridized carbons (Fsp3) is 0.714. The van der Waals surface area contributed by atoms with Crippen LogP contribution in [0.1, 0.15) is 52.8 Å². The van der Waals surface area contributed by atoms with Crippen LogP contribution in [-0.4, -0.2) is 25.6 Å². The first-order valence-electron chi connectivity index (χ1n) is 7.21. The Bertz CT molecular complexity index is 519. The highest BCUT2D eigenvalue weighted by atomic mass is 32.2. The summed E-state index contributed by atoms with van der Waals surface area (Å²) < 4.78 is 29.1. The van der Waals surface area contributed by atoms with Crippen LogP contribution in [-0.2, 0) is 16.6 Å². The van der Waals surface area contributed by atoms with Crippen molar-refractivity contribution in [3.05, 3.63) is 18.0 Å². The fourth-order valence-electron chi connectivity index (χ4n) is 2.04. The third-order valence-corrected chi connectivity index (χ3v) is 4.52. The van der Waals surface area contributed by atoms with Gasteiger partial charge < -0.3 is 9.88 Å². The van der Waals surface area contributed by atoms with E-state index in [1.54, 1.807) is 12.3 Å². The van der Waals surface area contributed by atoms with Gasteiger partial charge in [-0.1, -0.05) is 6.92 Å². The van der Waals surface area contributed by atoms with Crippen LogP contribution in [0.15, 0.2) is 17.2 Å². The Morgan fingerprint density at radius 1 is 1.25 bits per heavy atom. The number of hydrogen-bond acceptors (Lipinski definition) is 3. The summed E-state index contributed by atoms with van der Waals surface area (Å²) >= 11 is 0. The third-order valence-electron chi connectivity index (χ3n) is 2.90. The Kier molecular flexibility index (Phi) is 6.23. The number of nitrogens with one attached hydrogen (secondary N) is 2. The van der Waals surface area contributed by atoms with E-state index >= 15 is 0 Å². The van der Waals surface area contributed by atoms with Gasteiger partial charge in [0.05, 0.1) is 4.90 Å². The zero-order valence-electron chi connectivity index (χ0n) is 13.1. The maximum absolute atomic E-state index is 12.2. The van der Waals surface area contributed by atoms with Crippen molar-refractivity contribution < 1.29 is 8.42 Å². The minimum Gasteiger partial charge on any atom is -0.346 e. The molecule has 20 heavy (non-hydrogen) atoms. The van der Waals surface area contributed by atoms with Gasteiger partial charge in [0, 0.05) is 30.5 Å². The van der Waals surface area contributed by atoms with E-state index in [-0.39, 0.29) is 12.1 Å². The predicted octanol–water partition coefficient (Wildman–Crippen LogP) is 2.26. The Morgan fingerprint density at radius 3 is 2.40 bits per heavy atom. The fourth-order valence-corrected chi connectivity index (χ4v) is 3.34. The van der Waals surface area contributed by atoms with Gasteiger partial charge in [0.25, 0.3) is 0 Å². The van der Waals surface area contributed by atoms with Crippen molar-refractivity contribution in [2.45, 2.75) is 64.6 Å². The predicted molar refractivity (Wildman–Crippen MR) is 82.3 cm³/mol. The summed E-state index contributed by atoms with van der Waals surface area (Å²) in [6.07, 6.45) is 2.78. The number of nitrogens with zero attached hydrogens (tertiary/aromatic N) is 1. The molecule has 0 atom stereocenters. The number of aromatic nitrogens is 1. The van der Waals surface area contributed by atoms with Crippen molar-refractivity contribution in [3.8, 4) is 0 Å². The standard InChI is InChI=1S/C14H27N3O2S/c1-6-7-15-9-13-8-14(10-17(13)12(4)5)20(18,19)16-11(2)3/h8,10-12,15-16H,6-7,9H2,1-5H3. The van der Waals surface area contributed by atoms with Crippen LogP contribution in [0, 0.1) is 0 Å². The molecule has 2 N–H and O–H groups in total. The van der Waals surface area contributed by atoms with Gasteiger partial charge >= 0.3 is 0 Å². The second kappa shape index (κ2) is 7.24. The van der Waals surface area contributed by atoms with Crippen LogP contribution >= 0.6 is 0 Å². The molecule has 6 heteroatoms. The lowest BCUT2D eigenvalue weighted by Crippen LogP contribution is -2.30. The second-order valence-electron chi connectivity index (χ2n) is 5.62. The van der Waals surface area contributed by atoms with Crippen LogP contribution in [0.2, 0.25) is 0 Å². The largest absolute Gasteiger partial charge is 0.346 e. The van der Waals surface area contributed by atoms with Crippen molar-refractivity contribution in [1.82, 2.24) is 14.6 Å². The molecule has 0 aliphatic heterocycles. The molecule has 1 aromatic rings. The van der Waals surface area contributed by atoms with E-state index in [0.717, 1.165) is 18.7 Å². The molecule has 1 heterocycles. The van der Waals surface area contributed by atoms with Crippen LogP contribution in [0.3, 0.4) is 0 Å². The molecule has 0 fully saturated rings. The molecule has 0 bridgehead atoms. The summed E-state index contributed by atoms with van der Waals surface area (Å²) in [6, 6.07) is 1.88. The minimum atomic E-state index is -3.42. The van der Waals surface area contributed by atoms with Gasteiger partial charge in [-0.2, -0.15) is 0 Å². The maximum Gasteiger partial charge on any atom is 0.242 e. The highest BCUT2D eigenvalue weighted by Crippen LogP contribution is 2.19. The first kappa shape index (κ1) is 17.2. The van der Waals surface area contributed by atoms with Crippen molar-refractivity contribution in [3.63, 3.8) is 0 Å². The third kappa shape index (κ3) is 4.61. The summed E-state index contributed by atoms with van der Waals surface area (Å²) in [6.45, 7) is 11.5. The Labute approximate surface area is 122 Å². The molecule has 0 aliphatic carbocycles. The van der Waals surface area contributed by atoms with E-state index in [9.17, 15) is 8.42 Å². The van der Waals surface area contributed by atoms with E-state index in [0.29, 0.717) is 11.4 Å². The monoisotopic (exact) mass is 301 g/mol. The van der Waals surface area contributed by atoms with Crippen molar-refractivity contribution in [1.29, 1.82) is 0 Å². The maximum atomic E-state index is 12.2. The SMILES string of the molecule is CCCNCc1cc(S(=O)(=O)NC(C)C)cn1C(C)C. The van der Waals surface area contributed by atoms with E-state index in [2.05, 4.69) is 30.8 Å². The molecular weight excluding hydrogens is 274 g/mol. The highest BCUT2D eigenvalue weighted by molar-refractivity contribution is 7.89. The second-order valence-corrected chi connectivity index (χ2v) is 7.33. The molecule has 0 amide bonds. The molecule has 0 aromatic carbocycles. The van der Waals surface area contributed by atoms with Crippen LogP contribution in [0.5, 0.6) is 0 Å². The van der Waals surface area contributed by atoms with Crippen molar-refractivity contribution >= 4 is 10.0 Å². The summed E-state index contributed by atoms with van der Waals surface area (Å²) in [5.41, 5.74) is 0.998. The van der Waals surface area contributed by atoms with Crippen LogP contribution in [0.25, 0.3) is 0 Å².